The molecule has 2 unspecified atom stereocenters. The van der Waals surface area contributed by atoms with Crippen LogP contribution >= 0.6 is 0 Å². The maximum Gasteiger partial charge on any atom is 0.253 e. The highest BCUT2D eigenvalue weighted by Crippen LogP contribution is 2.17. The molecule has 2 atom stereocenters. The summed E-state index contributed by atoms with van der Waals surface area (Å²) < 4.78 is 0. The first-order valence-corrected chi connectivity index (χ1v) is 6.24. The monoisotopic (exact) mass is 233 g/mol. The number of rotatable bonds is 2. The van der Waals surface area contributed by atoms with Gasteiger partial charge in [0.05, 0.1) is 5.56 Å². The fourth-order valence-corrected chi connectivity index (χ4v) is 2.26. The van der Waals surface area contributed by atoms with E-state index in [1.54, 1.807) is 24.5 Å². The molecule has 1 aliphatic rings. The van der Waals surface area contributed by atoms with Gasteiger partial charge in [0.15, 0.2) is 0 Å². The molecule has 2 rings (SSSR count). The van der Waals surface area contributed by atoms with Crippen LogP contribution in [0.3, 0.4) is 0 Å². The lowest BCUT2D eigenvalue weighted by Gasteiger charge is -2.22. The van der Waals surface area contributed by atoms with Crippen molar-refractivity contribution in [3.63, 3.8) is 0 Å². The second kappa shape index (κ2) is 5.77. The van der Waals surface area contributed by atoms with Gasteiger partial charge in [-0.15, -0.1) is 0 Å². The second-order valence-electron chi connectivity index (χ2n) is 4.62. The van der Waals surface area contributed by atoms with Crippen LogP contribution in [0, 0.1) is 0 Å². The van der Waals surface area contributed by atoms with Crippen LogP contribution in [-0.4, -0.2) is 23.0 Å². The van der Waals surface area contributed by atoms with Gasteiger partial charge < -0.3 is 11.1 Å². The zero-order valence-electron chi connectivity index (χ0n) is 9.93. The molecule has 3 N–H and O–H groups in total. The summed E-state index contributed by atoms with van der Waals surface area (Å²) in [6, 6.07) is 3.72. The summed E-state index contributed by atoms with van der Waals surface area (Å²) in [5.41, 5.74) is 6.68. The Balaban J connectivity index is 1.98. The number of carbonyl (C=O) groups excluding carboxylic acids is 1. The third-order valence-electron chi connectivity index (χ3n) is 3.31. The van der Waals surface area contributed by atoms with E-state index >= 15 is 0 Å². The van der Waals surface area contributed by atoms with Gasteiger partial charge in [0.25, 0.3) is 5.91 Å². The van der Waals surface area contributed by atoms with Gasteiger partial charge in [-0.05, 0) is 25.0 Å². The first-order chi connectivity index (χ1) is 8.27. The number of pyridine rings is 1. The smallest absolute Gasteiger partial charge is 0.253 e. The third-order valence-corrected chi connectivity index (χ3v) is 3.31. The lowest BCUT2D eigenvalue weighted by atomic mass is 10.0. The first kappa shape index (κ1) is 12.0. The maximum absolute atomic E-state index is 12.0. The van der Waals surface area contributed by atoms with E-state index in [4.69, 9.17) is 5.73 Å². The van der Waals surface area contributed by atoms with Gasteiger partial charge in [-0.2, -0.15) is 0 Å². The lowest BCUT2D eigenvalue weighted by Crippen LogP contribution is -2.46. The molecule has 1 saturated carbocycles. The molecule has 1 aromatic rings. The number of carbonyl (C=O) groups is 1. The summed E-state index contributed by atoms with van der Waals surface area (Å²) in [6.45, 7) is 0. The van der Waals surface area contributed by atoms with Crippen molar-refractivity contribution in [3.8, 4) is 0 Å². The Morgan fingerprint density at radius 1 is 1.35 bits per heavy atom. The Labute approximate surface area is 102 Å². The number of nitrogens with one attached hydrogen (secondary N) is 1. The number of amides is 1. The molecule has 0 aromatic carbocycles. The van der Waals surface area contributed by atoms with Crippen LogP contribution in [0.4, 0.5) is 0 Å². The van der Waals surface area contributed by atoms with E-state index in [0.717, 1.165) is 19.3 Å². The van der Waals surface area contributed by atoms with Crippen molar-refractivity contribution in [2.75, 3.05) is 0 Å². The highest BCUT2D eigenvalue weighted by molar-refractivity contribution is 5.94. The van der Waals surface area contributed by atoms with Gasteiger partial charge >= 0.3 is 0 Å². The molecular formula is C13H19N3O. The van der Waals surface area contributed by atoms with E-state index in [1.165, 1.54) is 12.8 Å². The van der Waals surface area contributed by atoms with Gasteiger partial charge in [-0.1, -0.05) is 19.3 Å². The highest BCUT2D eigenvalue weighted by Gasteiger charge is 2.22. The quantitative estimate of drug-likeness (QED) is 0.760. The van der Waals surface area contributed by atoms with E-state index in [1.807, 2.05) is 0 Å². The predicted molar refractivity (Wildman–Crippen MR) is 66.6 cm³/mol. The molecule has 4 nitrogen and oxygen atoms in total. The Bertz CT molecular complexity index is 366. The van der Waals surface area contributed by atoms with Crippen LogP contribution in [0.25, 0.3) is 0 Å². The summed E-state index contributed by atoms with van der Waals surface area (Å²) in [5, 5.41) is 3.02. The van der Waals surface area contributed by atoms with Crippen molar-refractivity contribution in [3.05, 3.63) is 30.1 Å². The van der Waals surface area contributed by atoms with Crippen molar-refractivity contribution in [2.24, 2.45) is 5.73 Å². The minimum Gasteiger partial charge on any atom is -0.348 e. The zero-order valence-corrected chi connectivity index (χ0v) is 9.93. The predicted octanol–water partition coefficient (Wildman–Crippen LogP) is 1.47. The minimum absolute atomic E-state index is 0.0690. The van der Waals surface area contributed by atoms with Crippen LogP contribution in [0.1, 0.15) is 42.5 Å². The van der Waals surface area contributed by atoms with Crippen LogP contribution in [0.5, 0.6) is 0 Å². The Kier molecular flexibility index (Phi) is 4.09. The first-order valence-electron chi connectivity index (χ1n) is 6.24. The Morgan fingerprint density at radius 3 is 2.94 bits per heavy atom. The highest BCUT2D eigenvalue weighted by atomic mass is 16.1. The van der Waals surface area contributed by atoms with Crippen LogP contribution < -0.4 is 11.1 Å². The average molecular weight is 233 g/mol. The molecule has 0 spiro atoms. The molecule has 1 amide bonds. The van der Waals surface area contributed by atoms with Gasteiger partial charge in [-0.3, -0.25) is 9.78 Å². The fraction of sp³-hybridized carbons (Fsp3) is 0.538. The lowest BCUT2D eigenvalue weighted by molar-refractivity contribution is 0.0928. The molecule has 4 heteroatoms. The standard InChI is InChI=1S/C13H19N3O/c14-11-6-2-1-3-7-12(11)16-13(17)10-5-4-8-15-9-10/h4-5,8-9,11-12H,1-3,6-7,14H2,(H,16,17). The van der Waals surface area contributed by atoms with Crippen LogP contribution in [0.15, 0.2) is 24.5 Å². The molecule has 0 bridgehead atoms. The molecule has 0 saturated heterocycles. The number of nitrogens with two attached hydrogens (primary N) is 1. The maximum atomic E-state index is 12.0. The topological polar surface area (TPSA) is 68.0 Å². The molecule has 1 aliphatic carbocycles. The van der Waals surface area contributed by atoms with Crippen LogP contribution in [-0.2, 0) is 0 Å². The zero-order chi connectivity index (χ0) is 12.1. The normalized spacial score (nSPS) is 25.0. The Hall–Kier alpha value is -1.42. The minimum atomic E-state index is -0.0690. The number of aromatic nitrogens is 1. The molecule has 1 aromatic heterocycles. The molecule has 17 heavy (non-hydrogen) atoms. The largest absolute Gasteiger partial charge is 0.348 e. The van der Waals surface area contributed by atoms with Crippen molar-refractivity contribution < 1.29 is 4.79 Å². The number of hydrogen-bond acceptors (Lipinski definition) is 3. The van der Waals surface area contributed by atoms with Crippen molar-refractivity contribution in [1.29, 1.82) is 0 Å². The molecule has 0 aliphatic heterocycles. The summed E-state index contributed by atoms with van der Waals surface area (Å²) in [6.07, 6.45) is 8.75. The molecule has 92 valence electrons. The van der Waals surface area contributed by atoms with E-state index in [-0.39, 0.29) is 18.0 Å². The van der Waals surface area contributed by atoms with E-state index in [2.05, 4.69) is 10.3 Å². The Morgan fingerprint density at radius 2 is 2.18 bits per heavy atom. The molecule has 0 radical (unpaired) electrons. The van der Waals surface area contributed by atoms with Crippen LogP contribution in [0.2, 0.25) is 0 Å². The summed E-state index contributed by atoms with van der Waals surface area (Å²) in [5.74, 6) is -0.0690. The second-order valence-corrected chi connectivity index (χ2v) is 4.62. The third kappa shape index (κ3) is 3.27. The van der Waals surface area contributed by atoms with E-state index in [0.29, 0.717) is 5.56 Å². The van der Waals surface area contributed by atoms with Gasteiger partial charge in [-0.25, -0.2) is 0 Å². The number of nitrogens with zero attached hydrogens (tertiary/aromatic N) is 1. The molecule has 1 heterocycles. The summed E-state index contributed by atoms with van der Waals surface area (Å²) >= 11 is 0. The van der Waals surface area contributed by atoms with Crippen molar-refractivity contribution >= 4 is 5.91 Å². The van der Waals surface area contributed by atoms with E-state index < -0.39 is 0 Å². The summed E-state index contributed by atoms with van der Waals surface area (Å²) in [4.78, 5) is 15.9. The number of hydrogen-bond donors (Lipinski definition) is 2. The van der Waals surface area contributed by atoms with Crippen molar-refractivity contribution in [1.82, 2.24) is 10.3 Å². The summed E-state index contributed by atoms with van der Waals surface area (Å²) in [7, 11) is 0. The SMILES string of the molecule is NC1CCCCCC1NC(=O)c1cccnc1. The fourth-order valence-electron chi connectivity index (χ4n) is 2.26. The van der Waals surface area contributed by atoms with Gasteiger partial charge in [0.2, 0.25) is 0 Å². The molecule has 1 fully saturated rings. The average Bonchev–Trinajstić information content (AvgIpc) is 2.56. The van der Waals surface area contributed by atoms with Gasteiger partial charge in [0, 0.05) is 24.5 Å². The molecular weight excluding hydrogens is 214 g/mol. The van der Waals surface area contributed by atoms with E-state index in [9.17, 15) is 4.79 Å². The van der Waals surface area contributed by atoms with Gasteiger partial charge in [0.1, 0.15) is 0 Å². The van der Waals surface area contributed by atoms with Crippen molar-refractivity contribution in [2.45, 2.75) is 44.2 Å².